The molecular weight excluding hydrogens is 264 g/mol. The van der Waals surface area contributed by atoms with Gasteiger partial charge < -0.3 is 20.0 Å². The van der Waals surface area contributed by atoms with E-state index in [1.165, 1.54) is 0 Å². The minimum Gasteiger partial charge on any atom is -0.494 e. The molecule has 1 aliphatic heterocycles. The quantitative estimate of drug-likeness (QED) is 0.844. The average Bonchev–Trinajstić information content (AvgIpc) is 2.89. The van der Waals surface area contributed by atoms with Crippen molar-refractivity contribution in [2.24, 2.45) is 5.16 Å². The zero-order valence-corrected chi connectivity index (χ0v) is 10.8. The number of anilines is 1. The number of aliphatic carboxylic acids is 1. The molecule has 2 rings (SSSR count). The number of nitrogens with one attached hydrogen (secondary N) is 1. The van der Waals surface area contributed by atoms with Crippen LogP contribution in [0.2, 0.25) is 0 Å². The third-order valence-electron chi connectivity index (χ3n) is 2.62. The van der Waals surface area contributed by atoms with Crippen LogP contribution in [0.4, 0.5) is 5.69 Å². The van der Waals surface area contributed by atoms with Crippen molar-refractivity contribution >= 4 is 23.3 Å². The second-order valence-electron chi connectivity index (χ2n) is 4.09. The molecule has 0 aromatic heterocycles. The summed E-state index contributed by atoms with van der Waals surface area (Å²) >= 11 is 0. The first kappa shape index (κ1) is 13.9. The van der Waals surface area contributed by atoms with E-state index in [1.54, 1.807) is 24.3 Å². The molecule has 0 saturated carbocycles. The molecule has 1 atom stereocenters. The van der Waals surface area contributed by atoms with Crippen molar-refractivity contribution in [3.63, 3.8) is 0 Å². The number of carboxylic acid groups (broad SMARTS) is 1. The predicted octanol–water partition coefficient (Wildman–Crippen LogP) is 1.25. The maximum absolute atomic E-state index is 11.9. The Labute approximate surface area is 115 Å². The number of rotatable bonds is 5. The zero-order valence-electron chi connectivity index (χ0n) is 10.8. The Morgan fingerprint density at radius 2 is 2.35 bits per heavy atom. The molecule has 20 heavy (non-hydrogen) atoms. The molecule has 7 nitrogen and oxygen atoms in total. The van der Waals surface area contributed by atoms with Crippen LogP contribution >= 0.6 is 0 Å². The molecule has 2 N–H and O–H groups in total. The van der Waals surface area contributed by atoms with E-state index in [2.05, 4.69) is 10.5 Å². The van der Waals surface area contributed by atoms with Crippen LogP contribution < -0.4 is 10.1 Å². The fraction of sp³-hybridized carbons (Fsp3) is 0.308. The smallest absolute Gasteiger partial charge is 0.353 e. The molecule has 0 saturated heterocycles. The van der Waals surface area contributed by atoms with Gasteiger partial charge in [-0.2, -0.15) is 0 Å². The molecule has 7 heteroatoms. The minimum absolute atomic E-state index is 0.0493. The maximum Gasteiger partial charge on any atom is 0.353 e. The molecule has 0 spiro atoms. The second kappa shape index (κ2) is 6.05. The van der Waals surface area contributed by atoms with Gasteiger partial charge in [-0.15, -0.1) is 0 Å². The van der Waals surface area contributed by atoms with Gasteiger partial charge >= 0.3 is 5.97 Å². The van der Waals surface area contributed by atoms with Gasteiger partial charge in [0.05, 0.1) is 6.61 Å². The highest BCUT2D eigenvalue weighted by molar-refractivity contribution is 6.36. The van der Waals surface area contributed by atoms with E-state index >= 15 is 0 Å². The number of carboxylic acids is 1. The van der Waals surface area contributed by atoms with Crippen molar-refractivity contribution in [3.8, 4) is 5.75 Å². The van der Waals surface area contributed by atoms with Crippen LogP contribution in [-0.2, 0) is 14.4 Å². The van der Waals surface area contributed by atoms with Crippen LogP contribution in [-0.4, -0.2) is 35.4 Å². The van der Waals surface area contributed by atoms with Crippen molar-refractivity contribution in [1.82, 2.24) is 0 Å². The molecule has 0 aliphatic carbocycles. The SMILES string of the molecule is CCOc1cccc(NC(=O)C2CC(C(=O)O)=NO2)c1. The summed E-state index contributed by atoms with van der Waals surface area (Å²) in [6, 6.07) is 6.90. The summed E-state index contributed by atoms with van der Waals surface area (Å²) in [4.78, 5) is 27.4. The van der Waals surface area contributed by atoms with Gasteiger partial charge in [-0.25, -0.2) is 4.79 Å². The number of amides is 1. The average molecular weight is 278 g/mol. The Bertz CT molecular complexity index is 555. The van der Waals surface area contributed by atoms with Crippen LogP contribution in [0.1, 0.15) is 13.3 Å². The van der Waals surface area contributed by atoms with Gasteiger partial charge in [-0.05, 0) is 19.1 Å². The largest absolute Gasteiger partial charge is 0.494 e. The topological polar surface area (TPSA) is 97.2 Å². The lowest BCUT2D eigenvalue weighted by Gasteiger charge is -2.10. The number of carbonyl (C=O) groups excluding carboxylic acids is 1. The number of nitrogens with zero attached hydrogens (tertiary/aromatic N) is 1. The Balaban J connectivity index is 1.95. The first-order chi connectivity index (χ1) is 9.60. The fourth-order valence-electron chi connectivity index (χ4n) is 1.70. The summed E-state index contributed by atoms with van der Waals surface area (Å²) in [7, 11) is 0. The minimum atomic E-state index is -1.18. The van der Waals surface area contributed by atoms with Crippen LogP contribution in [0, 0.1) is 0 Å². The highest BCUT2D eigenvalue weighted by Gasteiger charge is 2.31. The van der Waals surface area contributed by atoms with Gasteiger partial charge in [-0.1, -0.05) is 11.2 Å². The lowest BCUT2D eigenvalue weighted by Crippen LogP contribution is -2.28. The third kappa shape index (κ3) is 3.25. The summed E-state index contributed by atoms with van der Waals surface area (Å²) in [5, 5.41) is 14.7. The Kier molecular flexibility index (Phi) is 4.19. The van der Waals surface area contributed by atoms with E-state index in [0.717, 1.165) is 0 Å². The molecule has 106 valence electrons. The van der Waals surface area contributed by atoms with E-state index in [-0.39, 0.29) is 12.1 Å². The van der Waals surface area contributed by atoms with Crippen molar-refractivity contribution in [1.29, 1.82) is 0 Å². The zero-order chi connectivity index (χ0) is 14.5. The van der Waals surface area contributed by atoms with E-state index in [9.17, 15) is 9.59 Å². The van der Waals surface area contributed by atoms with Gasteiger partial charge in [0.25, 0.3) is 5.91 Å². The highest BCUT2D eigenvalue weighted by Crippen LogP contribution is 2.19. The van der Waals surface area contributed by atoms with Crippen LogP contribution in [0.5, 0.6) is 5.75 Å². The highest BCUT2D eigenvalue weighted by atomic mass is 16.6. The fourth-order valence-corrected chi connectivity index (χ4v) is 1.70. The van der Waals surface area contributed by atoms with Crippen LogP contribution in [0.15, 0.2) is 29.4 Å². The molecular formula is C13H14N2O5. The summed E-state index contributed by atoms with van der Waals surface area (Å²) in [5.74, 6) is -0.989. The second-order valence-corrected chi connectivity index (χ2v) is 4.09. The molecule has 1 unspecified atom stereocenters. The molecule has 0 radical (unpaired) electrons. The summed E-state index contributed by atoms with van der Waals surface area (Å²) in [6.07, 6.45) is -0.969. The molecule has 1 aromatic carbocycles. The number of oxime groups is 1. The maximum atomic E-state index is 11.9. The molecule has 1 amide bonds. The van der Waals surface area contributed by atoms with Crippen LogP contribution in [0.25, 0.3) is 0 Å². The summed E-state index contributed by atoms with van der Waals surface area (Å²) in [6.45, 7) is 2.39. The molecule has 1 heterocycles. The van der Waals surface area contributed by atoms with Crippen molar-refractivity contribution < 1.29 is 24.3 Å². The number of hydrogen-bond acceptors (Lipinski definition) is 5. The molecule has 1 aromatic rings. The van der Waals surface area contributed by atoms with Crippen LogP contribution in [0.3, 0.4) is 0 Å². The third-order valence-corrected chi connectivity index (χ3v) is 2.62. The first-order valence-corrected chi connectivity index (χ1v) is 6.10. The first-order valence-electron chi connectivity index (χ1n) is 6.10. The Morgan fingerprint density at radius 3 is 3.00 bits per heavy atom. The molecule has 0 fully saturated rings. The number of ether oxygens (including phenoxy) is 1. The van der Waals surface area contributed by atoms with Crippen molar-refractivity contribution in [2.45, 2.75) is 19.4 Å². The van der Waals surface area contributed by atoms with E-state index < -0.39 is 18.0 Å². The van der Waals surface area contributed by atoms with Gasteiger partial charge in [0.15, 0.2) is 5.71 Å². The Hall–Kier alpha value is -2.57. The summed E-state index contributed by atoms with van der Waals surface area (Å²) in [5.41, 5.74) is 0.390. The van der Waals surface area contributed by atoms with Gasteiger partial charge in [0, 0.05) is 18.2 Å². The van der Waals surface area contributed by atoms with Gasteiger partial charge in [-0.3, -0.25) is 4.79 Å². The summed E-state index contributed by atoms with van der Waals surface area (Å²) < 4.78 is 5.32. The van der Waals surface area contributed by atoms with Crippen molar-refractivity contribution in [3.05, 3.63) is 24.3 Å². The molecule has 0 bridgehead atoms. The van der Waals surface area contributed by atoms with E-state index in [1.807, 2.05) is 6.92 Å². The van der Waals surface area contributed by atoms with E-state index in [4.69, 9.17) is 14.7 Å². The standard InChI is InChI=1S/C13H14N2O5/c1-2-19-9-5-3-4-8(6-9)14-12(16)11-7-10(13(17)18)15-20-11/h3-6,11H,2,7H2,1H3,(H,14,16)(H,17,18). The van der Waals surface area contributed by atoms with Gasteiger partial charge in [0.1, 0.15) is 5.75 Å². The lowest BCUT2D eigenvalue weighted by atomic mass is 10.1. The predicted molar refractivity (Wildman–Crippen MR) is 70.8 cm³/mol. The number of hydrogen-bond donors (Lipinski definition) is 2. The lowest BCUT2D eigenvalue weighted by molar-refractivity contribution is -0.129. The monoisotopic (exact) mass is 278 g/mol. The number of benzene rings is 1. The van der Waals surface area contributed by atoms with E-state index in [0.29, 0.717) is 18.0 Å². The molecule has 1 aliphatic rings. The number of carbonyl (C=O) groups is 2. The Morgan fingerprint density at radius 1 is 1.55 bits per heavy atom. The van der Waals surface area contributed by atoms with Crippen molar-refractivity contribution in [2.75, 3.05) is 11.9 Å². The van der Waals surface area contributed by atoms with Gasteiger partial charge in [0.2, 0.25) is 6.10 Å². The normalized spacial score (nSPS) is 17.1.